The predicted octanol–water partition coefficient (Wildman–Crippen LogP) is 6.21. The summed E-state index contributed by atoms with van der Waals surface area (Å²) in [5.41, 5.74) is 0. The van der Waals surface area contributed by atoms with Crippen molar-refractivity contribution in [2.24, 2.45) is 5.92 Å². The second-order valence-electron chi connectivity index (χ2n) is 7.70. The van der Waals surface area contributed by atoms with Crippen molar-refractivity contribution < 1.29 is 19.1 Å². The van der Waals surface area contributed by atoms with E-state index in [0.29, 0.717) is 19.1 Å². The van der Waals surface area contributed by atoms with Gasteiger partial charge < -0.3 is 9.47 Å². The average Bonchev–Trinajstić information content (AvgIpc) is 2.62. The van der Waals surface area contributed by atoms with E-state index in [2.05, 4.69) is 20.8 Å². The number of carbonyl (C=O) groups is 2. The largest absolute Gasteiger partial charge is 0.457 e. The van der Waals surface area contributed by atoms with Gasteiger partial charge in [-0.3, -0.25) is 0 Å². The number of unbranched alkanes of at least 4 members (excludes halogenated alkanes) is 11. The highest BCUT2D eigenvalue weighted by molar-refractivity contribution is 6.29. The van der Waals surface area contributed by atoms with Crippen LogP contribution in [0.3, 0.4) is 0 Å². The Balaban J connectivity index is 3.30. The molecule has 4 nitrogen and oxygen atoms in total. The van der Waals surface area contributed by atoms with Crippen LogP contribution in [0.4, 0.5) is 0 Å². The Hall–Kier alpha value is -1.06. The number of esters is 2. The molecule has 0 aliphatic rings. The Morgan fingerprint density at radius 3 is 1.42 bits per heavy atom. The fourth-order valence-corrected chi connectivity index (χ4v) is 2.88. The maximum absolute atomic E-state index is 11.5. The Kier molecular flexibility index (Phi) is 18.0. The molecule has 0 bridgehead atoms. The topological polar surface area (TPSA) is 52.6 Å². The molecule has 0 unspecified atom stereocenters. The normalized spacial score (nSPS) is 10.9. The van der Waals surface area contributed by atoms with E-state index in [1.54, 1.807) is 0 Å². The molecule has 0 rings (SSSR count). The summed E-state index contributed by atoms with van der Waals surface area (Å²) in [5.74, 6) is -1.13. The van der Waals surface area contributed by atoms with Crippen molar-refractivity contribution in [3.63, 3.8) is 0 Å². The van der Waals surface area contributed by atoms with Gasteiger partial charge in [0.05, 0.1) is 13.2 Å². The third-order valence-corrected chi connectivity index (χ3v) is 4.56. The van der Waals surface area contributed by atoms with Crippen LogP contribution >= 0.6 is 0 Å². The molecular formula is C22H42O4. The molecule has 0 radical (unpaired) electrons. The molecule has 0 aromatic heterocycles. The Labute approximate surface area is 161 Å². The van der Waals surface area contributed by atoms with Crippen molar-refractivity contribution >= 4 is 11.9 Å². The lowest BCUT2D eigenvalue weighted by Gasteiger charge is -2.07. The van der Waals surface area contributed by atoms with Crippen LogP contribution < -0.4 is 0 Å². The molecule has 26 heavy (non-hydrogen) atoms. The first-order valence-electron chi connectivity index (χ1n) is 10.9. The Bertz CT molecular complexity index is 339. The minimum Gasteiger partial charge on any atom is -0.457 e. The maximum Gasteiger partial charge on any atom is 0.417 e. The highest BCUT2D eigenvalue weighted by atomic mass is 16.6. The standard InChI is InChI=1S/C22H42O4/c1-4-5-6-7-8-9-10-11-12-13-14-15-18-25-21(23)22(24)26-19-16-17-20(2)3/h20H,4-19H2,1-3H3. The SMILES string of the molecule is CCCCCCCCCCCCCCOC(=O)C(=O)OCCCC(C)C. The lowest BCUT2D eigenvalue weighted by Crippen LogP contribution is -2.21. The number of ether oxygens (including phenoxy) is 2. The van der Waals surface area contributed by atoms with Crippen LogP contribution in [0.2, 0.25) is 0 Å². The summed E-state index contributed by atoms with van der Waals surface area (Å²) in [7, 11) is 0. The van der Waals surface area contributed by atoms with Crippen LogP contribution in [0.1, 0.15) is 111 Å². The molecule has 0 aliphatic carbocycles. The first kappa shape index (κ1) is 24.9. The predicted molar refractivity (Wildman–Crippen MR) is 107 cm³/mol. The van der Waals surface area contributed by atoms with Crippen LogP contribution in [-0.4, -0.2) is 25.2 Å². The van der Waals surface area contributed by atoms with Gasteiger partial charge in [-0.15, -0.1) is 0 Å². The third kappa shape index (κ3) is 17.8. The summed E-state index contributed by atoms with van der Waals surface area (Å²) in [4.78, 5) is 22.9. The summed E-state index contributed by atoms with van der Waals surface area (Å²) in [6.07, 6.45) is 16.9. The summed E-state index contributed by atoms with van der Waals surface area (Å²) >= 11 is 0. The fraction of sp³-hybridized carbons (Fsp3) is 0.909. The van der Waals surface area contributed by atoms with Crippen molar-refractivity contribution in [2.75, 3.05) is 13.2 Å². The number of hydrogen-bond acceptors (Lipinski definition) is 4. The molecular weight excluding hydrogens is 328 g/mol. The highest BCUT2D eigenvalue weighted by Crippen LogP contribution is 2.12. The first-order chi connectivity index (χ1) is 12.6. The summed E-state index contributed by atoms with van der Waals surface area (Å²) in [6.45, 7) is 7.10. The first-order valence-corrected chi connectivity index (χ1v) is 10.9. The fourth-order valence-electron chi connectivity index (χ4n) is 2.88. The second-order valence-corrected chi connectivity index (χ2v) is 7.70. The smallest absolute Gasteiger partial charge is 0.417 e. The quantitative estimate of drug-likeness (QED) is 0.173. The summed E-state index contributed by atoms with van der Waals surface area (Å²) in [6, 6.07) is 0. The zero-order chi connectivity index (χ0) is 19.5. The zero-order valence-corrected chi connectivity index (χ0v) is 17.5. The van der Waals surface area contributed by atoms with E-state index in [-0.39, 0.29) is 0 Å². The van der Waals surface area contributed by atoms with Gasteiger partial charge in [-0.1, -0.05) is 91.4 Å². The second kappa shape index (κ2) is 18.7. The Morgan fingerprint density at radius 2 is 1.00 bits per heavy atom. The highest BCUT2D eigenvalue weighted by Gasteiger charge is 2.16. The lowest BCUT2D eigenvalue weighted by atomic mass is 10.1. The molecule has 154 valence electrons. The number of hydrogen-bond donors (Lipinski definition) is 0. The third-order valence-electron chi connectivity index (χ3n) is 4.56. The van der Waals surface area contributed by atoms with Crippen LogP contribution in [0.5, 0.6) is 0 Å². The van der Waals surface area contributed by atoms with Crippen molar-refractivity contribution in [1.82, 2.24) is 0 Å². The van der Waals surface area contributed by atoms with Crippen LogP contribution in [0.15, 0.2) is 0 Å². The molecule has 0 aliphatic heterocycles. The lowest BCUT2D eigenvalue weighted by molar-refractivity contribution is -0.167. The van der Waals surface area contributed by atoms with E-state index in [1.807, 2.05) is 0 Å². The van der Waals surface area contributed by atoms with Gasteiger partial charge in [-0.2, -0.15) is 0 Å². The molecule has 0 N–H and O–H groups in total. The van der Waals surface area contributed by atoms with Gasteiger partial charge >= 0.3 is 11.9 Å². The molecule has 0 amide bonds. The molecule has 0 saturated heterocycles. The van der Waals surface area contributed by atoms with E-state index in [4.69, 9.17) is 9.47 Å². The molecule has 0 fully saturated rings. The van der Waals surface area contributed by atoms with Crippen LogP contribution in [-0.2, 0) is 19.1 Å². The minimum absolute atomic E-state index is 0.296. The Morgan fingerprint density at radius 1 is 0.615 bits per heavy atom. The zero-order valence-electron chi connectivity index (χ0n) is 17.5. The van der Waals surface area contributed by atoms with Gasteiger partial charge in [0.2, 0.25) is 0 Å². The van der Waals surface area contributed by atoms with E-state index >= 15 is 0 Å². The van der Waals surface area contributed by atoms with Gasteiger partial charge in [0.25, 0.3) is 0 Å². The molecule has 0 saturated carbocycles. The molecule has 0 heterocycles. The van der Waals surface area contributed by atoms with Gasteiger partial charge in [0, 0.05) is 0 Å². The van der Waals surface area contributed by atoms with Crippen molar-refractivity contribution in [1.29, 1.82) is 0 Å². The van der Waals surface area contributed by atoms with E-state index in [1.165, 1.54) is 64.2 Å². The van der Waals surface area contributed by atoms with Crippen molar-refractivity contribution in [3.05, 3.63) is 0 Å². The van der Waals surface area contributed by atoms with Gasteiger partial charge in [0.1, 0.15) is 0 Å². The molecule has 0 aromatic rings. The summed E-state index contributed by atoms with van der Waals surface area (Å²) < 4.78 is 9.86. The molecule has 4 heteroatoms. The maximum atomic E-state index is 11.5. The molecule has 0 atom stereocenters. The number of carbonyl (C=O) groups excluding carboxylic acids is 2. The van der Waals surface area contributed by atoms with E-state index < -0.39 is 11.9 Å². The minimum atomic E-state index is -0.854. The average molecular weight is 371 g/mol. The molecule has 0 aromatic carbocycles. The van der Waals surface area contributed by atoms with E-state index in [9.17, 15) is 9.59 Å². The molecule has 0 spiro atoms. The summed E-state index contributed by atoms with van der Waals surface area (Å²) in [5, 5.41) is 0. The van der Waals surface area contributed by atoms with Gasteiger partial charge in [-0.25, -0.2) is 9.59 Å². The van der Waals surface area contributed by atoms with E-state index in [0.717, 1.165) is 25.7 Å². The monoisotopic (exact) mass is 370 g/mol. The van der Waals surface area contributed by atoms with Crippen molar-refractivity contribution in [3.8, 4) is 0 Å². The van der Waals surface area contributed by atoms with Crippen molar-refractivity contribution in [2.45, 2.75) is 111 Å². The van der Waals surface area contributed by atoms with Gasteiger partial charge in [0.15, 0.2) is 0 Å². The van der Waals surface area contributed by atoms with Crippen LogP contribution in [0.25, 0.3) is 0 Å². The van der Waals surface area contributed by atoms with Gasteiger partial charge in [-0.05, 0) is 25.2 Å². The van der Waals surface area contributed by atoms with Crippen LogP contribution in [0, 0.1) is 5.92 Å². The number of rotatable bonds is 17.